The Labute approximate surface area is 236 Å². The Balaban J connectivity index is 1.13. The van der Waals surface area contributed by atoms with Gasteiger partial charge in [-0.3, -0.25) is 9.59 Å². The van der Waals surface area contributed by atoms with E-state index in [1.54, 1.807) is 55.6 Å². The van der Waals surface area contributed by atoms with Gasteiger partial charge in [0, 0.05) is 28.4 Å². The van der Waals surface area contributed by atoms with Gasteiger partial charge in [0.05, 0.1) is 7.11 Å². The number of carbonyl (C=O) groups is 2. The van der Waals surface area contributed by atoms with E-state index in [1.807, 2.05) is 0 Å². The molecule has 1 aliphatic heterocycles. The van der Waals surface area contributed by atoms with Crippen molar-refractivity contribution < 1.29 is 14.3 Å². The van der Waals surface area contributed by atoms with Crippen LogP contribution in [0, 0.1) is 0 Å². The Morgan fingerprint density at radius 1 is 0.923 bits per heavy atom. The molecule has 0 spiro atoms. The topological polar surface area (TPSA) is 70.7 Å². The van der Waals surface area contributed by atoms with Gasteiger partial charge in [-0.15, -0.1) is 0 Å². The molecule has 0 atom stereocenters. The molecule has 2 N–H and O–H groups in total. The number of hydrogen-bond acceptors (Lipinski definition) is 4. The van der Waals surface area contributed by atoms with Gasteiger partial charge < -0.3 is 20.3 Å². The summed E-state index contributed by atoms with van der Waals surface area (Å²) in [5.74, 6) is 1.26. The van der Waals surface area contributed by atoms with E-state index in [2.05, 4.69) is 40.7 Å². The number of halogens is 1. The molecule has 39 heavy (non-hydrogen) atoms. The minimum atomic E-state index is -0.224. The van der Waals surface area contributed by atoms with Crippen molar-refractivity contribution in [1.82, 2.24) is 10.2 Å². The van der Waals surface area contributed by atoms with Gasteiger partial charge in [0.25, 0.3) is 11.8 Å². The van der Waals surface area contributed by atoms with Crippen LogP contribution in [0.1, 0.15) is 70.4 Å². The lowest BCUT2D eigenvalue weighted by atomic mass is 9.88. The number of hydrogen-bond donors (Lipinski definition) is 2. The van der Waals surface area contributed by atoms with Crippen LogP contribution in [0.25, 0.3) is 0 Å². The van der Waals surface area contributed by atoms with Gasteiger partial charge in [0.1, 0.15) is 5.75 Å². The zero-order chi connectivity index (χ0) is 27.6. The summed E-state index contributed by atoms with van der Waals surface area (Å²) >= 11 is 5.88. The van der Waals surface area contributed by atoms with E-state index in [-0.39, 0.29) is 11.8 Å². The maximum absolute atomic E-state index is 12.5. The molecule has 4 rings (SSSR count). The number of anilines is 1. The zero-order valence-corrected chi connectivity index (χ0v) is 23.6. The van der Waals surface area contributed by atoms with Crippen molar-refractivity contribution in [2.75, 3.05) is 38.6 Å². The van der Waals surface area contributed by atoms with Gasteiger partial charge in [0.15, 0.2) is 0 Å². The average Bonchev–Trinajstić information content (AvgIpc) is 2.97. The molecular weight excluding hydrogens is 510 g/mol. The zero-order valence-electron chi connectivity index (χ0n) is 22.8. The number of methoxy groups -OCH3 is 1. The fourth-order valence-corrected chi connectivity index (χ4v) is 5.18. The Hall–Kier alpha value is -3.35. The van der Waals surface area contributed by atoms with Crippen molar-refractivity contribution in [1.29, 1.82) is 0 Å². The molecule has 0 aromatic heterocycles. The normalized spacial score (nSPS) is 14.1. The molecule has 6 nitrogen and oxygen atoms in total. The molecule has 1 fully saturated rings. The summed E-state index contributed by atoms with van der Waals surface area (Å²) in [7, 11) is 1.77. The molecule has 3 aromatic carbocycles. The third-order valence-electron chi connectivity index (χ3n) is 7.43. The molecule has 206 valence electrons. The summed E-state index contributed by atoms with van der Waals surface area (Å²) in [5, 5.41) is 6.42. The largest absolute Gasteiger partial charge is 0.496 e. The number of ether oxygens (including phenoxy) is 1. The predicted molar refractivity (Wildman–Crippen MR) is 158 cm³/mol. The monoisotopic (exact) mass is 547 g/mol. The van der Waals surface area contributed by atoms with E-state index in [9.17, 15) is 9.59 Å². The molecule has 0 saturated carbocycles. The maximum atomic E-state index is 12.5. The SMILES string of the molecule is CCc1ccc(C2CCN(CCCCNC(=O)c3ccc(NC(=O)c4ccc(Cl)cc4)cc3)CC2)c(OC)c1. The summed E-state index contributed by atoms with van der Waals surface area (Å²) in [4.78, 5) is 27.4. The van der Waals surface area contributed by atoms with Crippen molar-refractivity contribution in [3.63, 3.8) is 0 Å². The first kappa shape index (κ1) is 28.7. The number of likely N-dealkylation sites (tertiary alicyclic amines) is 1. The van der Waals surface area contributed by atoms with Crippen LogP contribution in [0.15, 0.2) is 66.7 Å². The van der Waals surface area contributed by atoms with Gasteiger partial charge in [-0.25, -0.2) is 0 Å². The Morgan fingerprint density at radius 3 is 2.26 bits per heavy atom. The van der Waals surface area contributed by atoms with Crippen molar-refractivity contribution in [2.45, 2.75) is 44.9 Å². The van der Waals surface area contributed by atoms with Crippen LogP contribution in [-0.2, 0) is 6.42 Å². The van der Waals surface area contributed by atoms with Gasteiger partial charge in [-0.1, -0.05) is 30.7 Å². The van der Waals surface area contributed by atoms with Crippen LogP contribution in [0.4, 0.5) is 5.69 Å². The lowest BCUT2D eigenvalue weighted by Gasteiger charge is -2.32. The molecule has 7 heteroatoms. The Bertz CT molecular complexity index is 1240. The van der Waals surface area contributed by atoms with E-state index in [0.29, 0.717) is 34.3 Å². The number of nitrogens with one attached hydrogen (secondary N) is 2. The van der Waals surface area contributed by atoms with E-state index < -0.39 is 0 Å². The van der Waals surface area contributed by atoms with Gasteiger partial charge in [0.2, 0.25) is 0 Å². The first-order valence-electron chi connectivity index (χ1n) is 13.8. The number of benzene rings is 3. The molecule has 2 amide bonds. The highest BCUT2D eigenvalue weighted by molar-refractivity contribution is 6.30. The molecule has 1 heterocycles. The van der Waals surface area contributed by atoms with E-state index >= 15 is 0 Å². The standard InChI is InChI=1S/C32H38ClN3O3/c1-3-23-6-15-29(30(22-23)39-2)24-16-20-36(21-17-24)19-5-4-18-34-31(37)25-9-13-28(14-10-25)35-32(38)26-7-11-27(33)12-8-26/h6-15,22,24H,3-5,16-21H2,1-2H3,(H,34,37)(H,35,38). The van der Waals surface area contributed by atoms with E-state index in [1.165, 1.54) is 11.1 Å². The number of piperidine rings is 1. The molecule has 0 radical (unpaired) electrons. The van der Waals surface area contributed by atoms with Crippen LogP contribution in [0.3, 0.4) is 0 Å². The highest BCUT2D eigenvalue weighted by atomic mass is 35.5. The van der Waals surface area contributed by atoms with Gasteiger partial charge in [-0.2, -0.15) is 0 Å². The second-order valence-corrected chi connectivity index (χ2v) is 10.5. The average molecular weight is 548 g/mol. The van der Waals surface area contributed by atoms with E-state index in [4.69, 9.17) is 16.3 Å². The first-order chi connectivity index (χ1) is 19.0. The smallest absolute Gasteiger partial charge is 0.255 e. The Morgan fingerprint density at radius 2 is 1.59 bits per heavy atom. The van der Waals surface area contributed by atoms with Crippen LogP contribution >= 0.6 is 11.6 Å². The van der Waals surface area contributed by atoms with Crippen molar-refractivity contribution in [2.24, 2.45) is 0 Å². The number of aryl methyl sites for hydroxylation is 1. The summed E-state index contributed by atoms with van der Waals surface area (Å²) < 4.78 is 5.68. The van der Waals surface area contributed by atoms with Crippen LogP contribution in [0.5, 0.6) is 5.75 Å². The predicted octanol–water partition coefficient (Wildman–Crippen LogP) is 6.55. The third-order valence-corrected chi connectivity index (χ3v) is 7.68. The second-order valence-electron chi connectivity index (χ2n) is 10.0. The van der Waals surface area contributed by atoms with Crippen LogP contribution in [-0.4, -0.2) is 50.0 Å². The molecule has 0 unspecified atom stereocenters. The highest BCUT2D eigenvalue weighted by Gasteiger charge is 2.23. The maximum Gasteiger partial charge on any atom is 0.255 e. The number of amides is 2. The lowest BCUT2D eigenvalue weighted by Crippen LogP contribution is -2.34. The summed E-state index contributed by atoms with van der Waals surface area (Å²) in [6.45, 7) is 6.05. The minimum Gasteiger partial charge on any atom is -0.496 e. The summed E-state index contributed by atoms with van der Waals surface area (Å²) in [5.41, 5.74) is 4.38. The number of unbranched alkanes of at least 4 members (excludes halogenated alkanes) is 1. The van der Waals surface area contributed by atoms with Crippen molar-refractivity contribution in [3.05, 3.63) is 94.0 Å². The van der Waals surface area contributed by atoms with Gasteiger partial charge >= 0.3 is 0 Å². The first-order valence-corrected chi connectivity index (χ1v) is 14.2. The molecule has 3 aromatic rings. The van der Waals surface area contributed by atoms with Crippen molar-refractivity contribution in [3.8, 4) is 5.75 Å². The Kier molecular flexibility index (Phi) is 10.4. The molecule has 1 saturated heterocycles. The molecule has 1 aliphatic rings. The number of rotatable bonds is 11. The minimum absolute atomic E-state index is 0.102. The fraction of sp³-hybridized carbons (Fsp3) is 0.375. The van der Waals surface area contributed by atoms with Crippen LogP contribution < -0.4 is 15.4 Å². The quantitative estimate of drug-likeness (QED) is 0.267. The second kappa shape index (κ2) is 14.2. The summed E-state index contributed by atoms with van der Waals surface area (Å²) in [6, 6.07) is 20.3. The fourth-order valence-electron chi connectivity index (χ4n) is 5.05. The number of carbonyl (C=O) groups excluding carboxylic acids is 2. The van der Waals surface area contributed by atoms with E-state index in [0.717, 1.165) is 57.5 Å². The highest BCUT2D eigenvalue weighted by Crippen LogP contribution is 2.35. The summed E-state index contributed by atoms with van der Waals surface area (Å²) in [6.07, 6.45) is 5.30. The van der Waals surface area contributed by atoms with Crippen LogP contribution in [0.2, 0.25) is 5.02 Å². The molecule has 0 aliphatic carbocycles. The van der Waals surface area contributed by atoms with Gasteiger partial charge in [-0.05, 0) is 123 Å². The lowest BCUT2D eigenvalue weighted by molar-refractivity contribution is 0.0951. The van der Waals surface area contributed by atoms with Crippen molar-refractivity contribution >= 4 is 29.1 Å². The molecule has 0 bridgehead atoms. The third kappa shape index (κ3) is 8.07. The molecular formula is C32H38ClN3O3. The number of nitrogens with zero attached hydrogens (tertiary/aromatic N) is 1.